The molecular weight excluding hydrogens is 345 g/mol. The summed E-state index contributed by atoms with van der Waals surface area (Å²) < 4.78 is 66.3. The lowest BCUT2D eigenvalue weighted by Crippen LogP contribution is -2.58. The van der Waals surface area contributed by atoms with Crippen molar-refractivity contribution in [1.82, 2.24) is 0 Å². The number of anilines is 1. The third-order valence-corrected chi connectivity index (χ3v) is 4.42. The summed E-state index contributed by atoms with van der Waals surface area (Å²) in [6.07, 6.45) is -1.67. The molecule has 1 heterocycles. The SMILES string of the molecule is NC1=NC2(CCCCC2)N(c2cc(F)c(C(F)(F)F)c(F)c2)C(N)=N1. The minimum Gasteiger partial charge on any atom is -0.369 e. The second-order valence-corrected chi connectivity index (χ2v) is 6.10. The zero-order valence-corrected chi connectivity index (χ0v) is 13.1. The Morgan fingerprint density at radius 3 is 2.08 bits per heavy atom. The van der Waals surface area contributed by atoms with Crippen LogP contribution in [-0.4, -0.2) is 17.6 Å². The summed E-state index contributed by atoms with van der Waals surface area (Å²) in [7, 11) is 0. The van der Waals surface area contributed by atoms with Crippen molar-refractivity contribution in [2.75, 3.05) is 4.90 Å². The van der Waals surface area contributed by atoms with Gasteiger partial charge in [0.1, 0.15) is 22.9 Å². The van der Waals surface area contributed by atoms with Crippen LogP contribution in [0.4, 0.5) is 27.6 Å². The van der Waals surface area contributed by atoms with E-state index >= 15 is 0 Å². The van der Waals surface area contributed by atoms with Crippen LogP contribution < -0.4 is 16.4 Å². The molecule has 0 bridgehead atoms. The number of hydrogen-bond acceptors (Lipinski definition) is 5. The Bertz CT molecular complexity index is 726. The Balaban J connectivity index is 2.12. The molecule has 1 spiro atoms. The van der Waals surface area contributed by atoms with Crippen molar-refractivity contribution in [2.45, 2.75) is 43.9 Å². The van der Waals surface area contributed by atoms with E-state index in [-0.39, 0.29) is 17.6 Å². The van der Waals surface area contributed by atoms with Crippen molar-refractivity contribution < 1.29 is 22.0 Å². The molecule has 1 aromatic rings. The van der Waals surface area contributed by atoms with E-state index in [2.05, 4.69) is 9.98 Å². The lowest BCUT2D eigenvalue weighted by molar-refractivity contribution is -0.142. The Morgan fingerprint density at radius 1 is 1.00 bits per heavy atom. The second-order valence-electron chi connectivity index (χ2n) is 6.10. The maximum atomic E-state index is 14.0. The first-order chi connectivity index (χ1) is 11.6. The molecule has 1 aliphatic carbocycles. The summed E-state index contributed by atoms with van der Waals surface area (Å²) in [5, 5.41) is 0. The molecule has 5 nitrogen and oxygen atoms in total. The predicted octanol–water partition coefficient (Wildman–Crippen LogP) is 3.09. The number of rotatable bonds is 1. The van der Waals surface area contributed by atoms with Gasteiger partial charge >= 0.3 is 6.18 Å². The summed E-state index contributed by atoms with van der Waals surface area (Å²) in [6.45, 7) is 0. The minimum absolute atomic E-state index is 0.0662. The average Bonchev–Trinajstić information content (AvgIpc) is 2.44. The van der Waals surface area contributed by atoms with E-state index < -0.39 is 29.0 Å². The van der Waals surface area contributed by atoms with E-state index in [4.69, 9.17) is 11.5 Å². The van der Waals surface area contributed by atoms with Crippen molar-refractivity contribution in [3.63, 3.8) is 0 Å². The fraction of sp³-hybridized carbons (Fsp3) is 0.467. The molecule has 25 heavy (non-hydrogen) atoms. The van der Waals surface area contributed by atoms with Gasteiger partial charge in [0.25, 0.3) is 0 Å². The predicted molar refractivity (Wildman–Crippen MR) is 82.9 cm³/mol. The fourth-order valence-electron chi connectivity index (χ4n) is 3.45. The fourth-order valence-corrected chi connectivity index (χ4v) is 3.45. The Morgan fingerprint density at radius 2 is 1.56 bits per heavy atom. The van der Waals surface area contributed by atoms with Crippen LogP contribution in [0.3, 0.4) is 0 Å². The van der Waals surface area contributed by atoms with Crippen LogP contribution in [0.5, 0.6) is 0 Å². The number of alkyl halides is 3. The van der Waals surface area contributed by atoms with Gasteiger partial charge in [-0.3, -0.25) is 4.90 Å². The Kier molecular flexibility index (Phi) is 4.08. The van der Waals surface area contributed by atoms with Gasteiger partial charge in [0.15, 0.2) is 0 Å². The quantitative estimate of drug-likeness (QED) is 0.755. The standard InChI is InChI=1S/C15H16F5N5/c16-9-6-8(7-10(17)11(9)15(18,19)20)25-13(22)23-12(21)24-14(25)4-2-1-3-5-14/h6-7H,1-5H2,(H4,21,22,23,24). The molecule has 136 valence electrons. The third kappa shape index (κ3) is 3.00. The molecule has 1 aliphatic heterocycles. The van der Waals surface area contributed by atoms with Gasteiger partial charge in [0, 0.05) is 0 Å². The van der Waals surface area contributed by atoms with E-state index in [0.29, 0.717) is 25.0 Å². The highest BCUT2D eigenvalue weighted by Gasteiger charge is 2.44. The van der Waals surface area contributed by atoms with Gasteiger partial charge in [-0.2, -0.15) is 18.2 Å². The van der Waals surface area contributed by atoms with E-state index in [1.807, 2.05) is 0 Å². The van der Waals surface area contributed by atoms with Crippen molar-refractivity contribution in [3.8, 4) is 0 Å². The lowest BCUT2D eigenvalue weighted by Gasteiger charge is -2.45. The van der Waals surface area contributed by atoms with Gasteiger partial charge in [-0.05, 0) is 37.8 Å². The zero-order chi connectivity index (χ0) is 18.4. The molecule has 10 heteroatoms. The minimum atomic E-state index is -5.14. The molecule has 4 N–H and O–H groups in total. The average molecular weight is 361 g/mol. The molecule has 0 atom stereocenters. The molecule has 1 saturated carbocycles. The molecular formula is C15H16F5N5. The van der Waals surface area contributed by atoms with Crippen LogP contribution in [-0.2, 0) is 6.18 Å². The molecule has 2 aliphatic rings. The lowest BCUT2D eigenvalue weighted by atomic mass is 9.87. The molecule has 0 saturated heterocycles. The van der Waals surface area contributed by atoms with Crippen LogP contribution in [0.1, 0.15) is 37.7 Å². The first-order valence-electron chi connectivity index (χ1n) is 7.70. The molecule has 1 fully saturated rings. The molecule has 0 radical (unpaired) electrons. The van der Waals surface area contributed by atoms with Crippen LogP contribution in [0, 0.1) is 11.6 Å². The summed E-state index contributed by atoms with van der Waals surface area (Å²) in [6, 6.07) is 1.20. The van der Waals surface area contributed by atoms with Gasteiger partial charge < -0.3 is 11.5 Å². The first kappa shape index (κ1) is 17.4. The van der Waals surface area contributed by atoms with Gasteiger partial charge in [-0.15, -0.1) is 0 Å². The maximum absolute atomic E-state index is 14.0. The number of halogens is 5. The largest absolute Gasteiger partial charge is 0.422 e. The number of hydrogen-bond donors (Lipinski definition) is 2. The van der Waals surface area contributed by atoms with Gasteiger partial charge in [0.2, 0.25) is 11.9 Å². The highest BCUT2D eigenvalue weighted by atomic mass is 19.4. The molecule has 0 amide bonds. The van der Waals surface area contributed by atoms with Crippen molar-refractivity contribution >= 4 is 17.6 Å². The third-order valence-electron chi connectivity index (χ3n) is 4.42. The van der Waals surface area contributed by atoms with Crippen molar-refractivity contribution in [2.24, 2.45) is 21.5 Å². The maximum Gasteiger partial charge on any atom is 0.422 e. The highest BCUT2D eigenvalue weighted by molar-refractivity contribution is 6.05. The summed E-state index contributed by atoms with van der Waals surface area (Å²) in [5.74, 6) is -3.66. The first-order valence-corrected chi connectivity index (χ1v) is 7.70. The number of aliphatic imine (C=N–C) groups is 2. The Hall–Kier alpha value is -2.39. The van der Waals surface area contributed by atoms with E-state index in [0.717, 1.165) is 19.3 Å². The number of guanidine groups is 2. The highest BCUT2D eigenvalue weighted by Crippen LogP contribution is 2.41. The topological polar surface area (TPSA) is 80.0 Å². The molecule has 1 aromatic carbocycles. The number of nitrogens with two attached hydrogens (primary N) is 2. The van der Waals surface area contributed by atoms with Gasteiger partial charge in [-0.25, -0.2) is 13.8 Å². The van der Waals surface area contributed by atoms with E-state index in [9.17, 15) is 22.0 Å². The van der Waals surface area contributed by atoms with Gasteiger partial charge in [-0.1, -0.05) is 6.42 Å². The van der Waals surface area contributed by atoms with Crippen LogP contribution in [0.15, 0.2) is 22.1 Å². The molecule has 0 unspecified atom stereocenters. The van der Waals surface area contributed by atoms with Crippen molar-refractivity contribution in [3.05, 3.63) is 29.3 Å². The smallest absolute Gasteiger partial charge is 0.369 e. The summed E-state index contributed by atoms with van der Waals surface area (Å²) >= 11 is 0. The van der Waals surface area contributed by atoms with Crippen LogP contribution >= 0.6 is 0 Å². The van der Waals surface area contributed by atoms with Gasteiger partial charge in [0.05, 0.1) is 5.69 Å². The van der Waals surface area contributed by atoms with E-state index in [1.165, 1.54) is 4.90 Å². The molecule has 3 rings (SSSR count). The molecule has 0 aromatic heterocycles. The monoisotopic (exact) mass is 361 g/mol. The van der Waals surface area contributed by atoms with Crippen LogP contribution in [0.25, 0.3) is 0 Å². The summed E-state index contributed by atoms with van der Waals surface area (Å²) in [4.78, 5) is 9.37. The number of benzene rings is 1. The zero-order valence-electron chi connectivity index (χ0n) is 13.1. The van der Waals surface area contributed by atoms with E-state index in [1.54, 1.807) is 0 Å². The van der Waals surface area contributed by atoms with Crippen molar-refractivity contribution in [1.29, 1.82) is 0 Å². The second kappa shape index (κ2) is 5.85. The normalized spacial score (nSPS) is 20.4. The summed E-state index contributed by atoms with van der Waals surface area (Å²) in [5.41, 5.74) is 8.44. The number of nitrogens with zero attached hydrogens (tertiary/aromatic N) is 3. The van der Waals surface area contributed by atoms with Crippen LogP contribution in [0.2, 0.25) is 0 Å². The Labute approximate surface area is 140 Å².